The standard InChI is InChI=1S/C15H18N4O2/c1-9-5-11-12(6-10(9)2)18(8-16-11)13-7-14(20)19(15(13)21)17(3)4/h5-6,8,13H,7H2,1-4H3/t13-/m0/s1. The maximum absolute atomic E-state index is 12.5. The monoisotopic (exact) mass is 286 g/mol. The fraction of sp³-hybridized carbons (Fsp3) is 0.400. The van der Waals surface area contributed by atoms with Crippen molar-refractivity contribution in [3.8, 4) is 0 Å². The highest BCUT2D eigenvalue weighted by atomic mass is 16.2. The predicted molar refractivity (Wildman–Crippen MR) is 78.4 cm³/mol. The number of rotatable bonds is 2. The highest BCUT2D eigenvalue weighted by Gasteiger charge is 2.41. The van der Waals surface area contributed by atoms with E-state index in [1.54, 1.807) is 20.4 Å². The van der Waals surface area contributed by atoms with Gasteiger partial charge in [-0.05, 0) is 37.1 Å². The maximum Gasteiger partial charge on any atom is 0.267 e. The molecule has 21 heavy (non-hydrogen) atoms. The third-order valence-corrected chi connectivity index (χ3v) is 4.02. The van der Waals surface area contributed by atoms with Crippen LogP contribution in [0.3, 0.4) is 0 Å². The van der Waals surface area contributed by atoms with Crippen LogP contribution in [0.1, 0.15) is 23.6 Å². The van der Waals surface area contributed by atoms with Crippen LogP contribution in [0.2, 0.25) is 0 Å². The molecule has 0 spiro atoms. The lowest BCUT2D eigenvalue weighted by Crippen LogP contribution is -2.41. The molecule has 0 bridgehead atoms. The molecule has 3 rings (SSSR count). The van der Waals surface area contributed by atoms with Gasteiger partial charge in [0.2, 0.25) is 5.91 Å². The Morgan fingerprint density at radius 2 is 1.86 bits per heavy atom. The summed E-state index contributed by atoms with van der Waals surface area (Å²) >= 11 is 0. The number of aryl methyl sites for hydroxylation is 2. The molecule has 0 saturated carbocycles. The van der Waals surface area contributed by atoms with Gasteiger partial charge in [0, 0.05) is 14.1 Å². The molecule has 2 aromatic rings. The number of aromatic nitrogens is 2. The van der Waals surface area contributed by atoms with Crippen molar-refractivity contribution in [1.82, 2.24) is 19.6 Å². The van der Waals surface area contributed by atoms with Gasteiger partial charge >= 0.3 is 0 Å². The Bertz CT molecular complexity index is 747. The molecule has 1 aromatic heterocycles. The lowest BCUT2D eigenvalue weighted by Gasteiger charge is -2.22. The van der Waals surface area contributed by atoms with Crippen molar-refractivity contribution >= 4 is 22.8 Å². The molecule has 6 heteroatoms. The van der Waals surface area contributed by atoms with Crippen LogP contribution in [-0.2, 0) is 9.59 Å². The first kappa shape index (κ1) is 13.8. The molecule has 0 N–H and O–H groups in total. The number of fused-ring (bicyclic) bond motifs is 1. The molecule has 1 aromatic carbocycles. The molecule has 0 unspecified atom stereocenters. The molecular formula is C15H18N4O2. The predicted octanol–water partition coefficient (Wildman–Crippen LogP) is 1.43. The van der Waals surface area contributed by atoms with E-state index >= 15 is 0 Å². The van der Waals surface area contributed by atoms with E-state index in [1.165, 1.54) is 10.0 Å². The number of imidazole rings is 1. The van der Waals surface area contributed by atoms with Gasteiger partial charge in [-0.25, -0.2) is 15.0 Å². The number of carbonyl (C=O) groups excluding carboxylic acids is 2. The van der Waals surface area contributed by atoms with E-state index in [4.69, 9.17) is 0 Å². The number of carbonyl (C=O) groups is 2. The topological polar surface area (TPSA) is 58.4 Å². The third kappa shape index (κ3) is 2.03. The minimum Gasteiger partial charge on any atom is -0.317 e. The van der Waals surface area contributed by atoms with Crippen LogP contribution in [0, 0.1) is 13.8 Å². The molecule has 1 aliphatic heterocycles. The van der Waals surface area contributed by atoms with Crippen molar-refractivity contribution in [2.75, 3.05) is 14.1 Å². The zero-order valence-corrected chi connectivity index (χ0v) is 12.6. The molecule has 2 heterocycles. The van der Waals surface area contributed by atoms with Gasteiger partial charge in [0.1, 0.15) is 6.04 Å². The van der Waals surface area contributed by atoms with E-state index in [0.29, 0.717) is 0 Å². The molecule has 6 nitrogen and oxygen atoms in total. The van der Waals surface area contributed by atoms with E-state index in [9.17, 15) is 9.59 Å². The first-order valence-corrected chi connectivity index (χ1v) is 6.88. The first-order chi connectivity index (χ1) is 9.90. The SMILES string of the molecule is Cc1cc2ncn([C@H]3CC(=O)N(N(C)C)C3=O)c2cc1C. The van der Waals surface area contributed by atoms with Gasteiger partial charge in [0.25, 0.3) is 5.91 Å². The number of hydrogen-bond donors (Lipinski definition) is 0. The summed E-state index contributed by atoms with van der Waals surface area (Å²) in [7, 11) is 3.38. The Hall–Kier alpha value is -2.21. The number of hydrogen-bond acceptors (Lipinski definition) is 4. The highest BCUT2D eigenvalue weighted by molar-refractivity contribution is 6.04. The van der Waals surface area contributed by atoms with Crippen molar-refractivity contribution in [1.29, 1.82) is 0 Å². The van der Waals surface area contributed by atoms with E-state index in [1.807, 2.05) is 30.5 Å². The van der Waals surface area contributed by atoms with Gasteiger partial charge in [-0.15, -0.1) is 0 Å². The average molecular weight is 286 g/mol. The molecule has 2 amide bonds. The normalized spacial score (nSPS) is 19.3. The van der Waals surface area contributed by atoms with Crippen LogP contribution in [-0.4, -0.2) is 45.5 Å². The number of hydrazine groups is 1. The van der Waals surface area contributed by atoms with Gasteiger partial charge in [0.05, 0.1) is 23.8 Å². The van der Waals surface area contributed by atoms with Gasteiger partial charge in [-0.3, -0.25) is 9.59 Å². The summed E-state index contributed by atoms with van der Waals surface area (Å²) in [5.74, 6) is -0.386. The van der Waals surface area contributed by atoms with E-state index in [-0.39, 0.29) is 18.2 Å². The van der Waals surface area contributed by atoms with E-state index in [0.717, 1.165) is 22.2 Å². The Morgan fingerprint density at radius 1 is 1.19 bits per heavy atom. The first-order valence-electron chi connectivity index (χ1n) is 6.88. The fourth-order valence-electron chi connectivity index (χ4n) is 2.77. The number of amides is 2. The van der Waals surface area contributed by atoms with Gasteiger partial charge in [-0.1, -0.05) is 0 Å². The Balaban J connectivity index is 2.08. The minimum atomic E-state index is -0.507. The van der Waals surface area contributed by atoms with Crippen LogP contribution in [0.25, 0.3) is 11.0 Å². The summed E-state index contributed by atoms with van der Waals surface area (Å²) in [6.07, 6.45) is 1.83. The summed E-state index contributed by atoms with van der Waals surface area (Å²) < 4.78 is 1.81. The Kier molecular flexibility index (Phi) is 3.06. The van der Waals surface area contributed by atoms with Crippen LogP contribution >= 0.6 is 0 Å². The minimum absolute atomic E-state index is 0.176. The van der Waals surface area contributed by atoms with Gasteiger partial charge < -0.3 is 4.57 Å². The average Bonchev–Trinajstić information content (AvgIpc) is 2.91. The second-order valence-corrected chi connectivity index (χ2v) is 5.69. The van der Waals surface area contributed by atoms with Crippen LogP contribution < -0.4 is 0 Å². The molecule has 110 valence electrons. The third-order valence-electron chi connectivity index (χ3n) is 4.02. The van der Waals surface area contributed by atoms with Crippen molar-refractivity contribution in [3.63, 3.8) is 0 Å². The van der Waals surface area contributed by atoms with Gasteiger partial charge in [0.15, 0.2) is 0 Å². The summed E-state index contributed by atoms with van der Waals surface area (Å²) in [5.41, 5.74) is 4.05. The lowest BCUT2D eigenvalue weighted by atomic mass is 10.1. The quantitative estimate of drug-likeness (QED) is 0.784. The molecule has 0 radical (unpaired) electrons. The summed E-state index contributed by atoms with van der Waals surface area (Å²) in [5, 5.41) is 2.72. The zero-order chi connectivity index (χ0) is 15.3. The van der Waals surface area contributed by atoms with Crippen molar-refractivity contribution in [2.45, 2.75) is 26.3 Å². The maximum atomic E-state index is 12.5. The smallest absolute Gasteiger partial charge is 0.267 e. The summed E-state index contributed by atoms with van der Waals surface area (Å²) in [6, 6.07) is 3.52. The van der Waals surface area contributed by atoms with Crippen LogP contribution in [0.5, 0.6) is 0 Å². The molecule has 1 atom stereocenters. The lowest BCUT2D eigenvalue weighted by molar-refractivity contribution is -0.153. The van der Waals surface area contributed by atoms with Crippen LogP contribution in [0.4, 0.5) is 0 Å². The number of nitrogens with zero attached hydrogens (tertiary/aromatic N) is 4. The highest BCUT2D eigenvalue weighted by Crippen LogP contribution is 2.29. The Morgan fingerprint density at radius 3 is 2.48 bits per heavy atom. The van der Waals surface area contributed by atoms with E-state index in [2.05, 4.69) is 4.98 Å². The Labute approximate surface area is 122 Å². The second kappa shape index (κ2) is 4.66. The largest absolute Gasteiger partial charge is 0.317 e. The molecule has 1 saturated heterocycles. The second-order valence-electron chi connectivity index (χ2n) is 5.69. The van der Waals surface area contributed by atoms with Crippen molar-refractivity contribution < 1.29 is 9.59 Å². The van der Waals surface area contributed by atoms with Gasteiger partial charge in [-0.2, -0.15) is 0 Å². The zero-order valence-electron chi connectivity index (χ0n) is 12.6. The van der Waals surface area contributed by atoms with Crippen molar-refractivity contribution in [3.05, 3.63) is 29.6 Å². The van der Waals surface area contributed by atoms with Crippen LogP contribution in [0.15, 0.2) is 18.5 Å². The molecular weight excluding hydrogens is 268 g/mol. The number of imide groups is 1. The fourth-order valence-corrected chi connectivity index (χ4v) is 2.77. The summed E-state index contributed by atoms with van der Waals surface area (Å²) in [6.45, 7) is 4.06. The molecule has 1 fully saturated rings. The molecule has 0 aliphatic carbocycles. The number of benzene rings is 1. The summed E-state index contributed by atoms with van der Waals surface area (Å²) in [4.78, 5) is 28.8. The van der Waals surface area contributed by atoms with E-state index < -0.39 is 6.04 Å². The molecule has 1 aliphatic rings. The van der Waals surface area contributed by atoms with Crippen molar-refractivity contribution in [2.24, 2.45) is 0 Å².